The summed E-state index contributed by atoms with van der Waals surface area (Å²) in [6.07, 6.45) is 2.31. The van der Waals surface area contributed by atoms with Gasteiger partial charge in [0.05, 0.1) is 5.69 Å². The Balaban J connectivity index is 1.82. The lowest BCUT2D eigenvalue weighted by molar-refractivity contribution is 0.806. The predicted molar refractivity (Wildman–Crippen MR) is 101 cm³/mol. The van der Waals surface area contributed by atoms with Gasteiger partial charge in [-0.3, -0.25) is 0 Å². The zero-order valence-electron chi connectivity index (χ0n) is 13.3. The van der Waals surface area contributed by atoms with Crippen LogP contribution < -0.4 is 0 Å². The molecule has 0 amide bonds. The van der Waals surface area contributed by atoms with E-state index in [2.05, 4.69) is 95.6 Å². The fourth-order valence-electron chi connectivity index (χ4n) is 3.70. The van der Waals surface area contributed by atoms with Crippen molar-refractivity contribution in [2.75, 3.05) is 0 Å². The Bertz CT molecular complexity index is 1070. The molecule has 3 aromatic carbocycles. The highest BCUT2D eigenvalue weighted by atomic mass is 15.0. The fourth-order valence-corrected chi connectivity index (χ4v) is 3.70. The highest BCUT2D eigenvalue weighted by Crippen LogP contribution is 2.37. The Kier molecular flexibility index (Phi) is 2.92. The van der Waals surface area contributed by atoms with Crippen LogP contribution in [0.1, 0.15) is 22.4 Å². The second kappa shape index (κ2) is 5.24. The van der Waals surface area contributed by atoms with E-state index < -0.39 is 0 Å². The Labute approximate surface area is 141 Å². The summed E-state index contributed by atoms with van der Waals surface area (Å²) >= 11 is 0. The van der Waals surface area contributed by atoms with E-state index in [1.807, 2.05) is 0 Å². The molecule has 0 saturated heterocycles. The molecule has 24 heavy (non-hydrogen) atoms. The zero-order valence-corrected chi connectivity index (χ0v) is 13.3. The molecule has 1 aliphatic rings. The SMILES string of the molecule is C(=C1\c2ccccc2Cn2c1cc1ccccc12)/c1ccccc1. The maximum Gasteiger partial charge on any atom is 0.0500 e. The Morgan fingerprint density at radius 1 is 0.750 bits per heavy atom. The van der Waals surface area contributed by atoms with Crippen LogP contribution >= 0.6 is 0 Å². The predicted octanol–water partition coefficient (Wildman–Crippen LogP) is 5.59. The van der Waals surface area contributed by atoms with Crippen LogP contribution in [0.3, 0.4) is 0 Å². The monoisotopic (exact) mass is 307 g/mol. The molecule has 1 aliphatic heterocycles. The summed E-state index contributed by atoms with van der Waals surface area (Å²) in [6, 6.07) is 30.3. The van der Waals surface area contributed by atoms with Crippen molar-refractivity contribution in [3.05, 3.63) is 107 Å². The number of nitrogens with zero attached hydrogens (tertiary/aromatic N) is 1. The molecule has 1 nitrogen and oxygen atoms in total. The minimum Gasteiger partial charge on any atom is -0.336 e. The largest absolute Gasteiger partial charge is 0.336 e. The third kappa shape index (κ3) is 2.02. The van der Waals surface area contributed by atoms with Crippen molar-refractivity contribution in [2.45, 2.75) is 6.54 Å². The topological polar surface area (TPSA) is 4.93 Å². The molecule has 0 saturated carbocycles. The number of hydrogen-bond donors (Lipinski definition) is 0. The summed E-state index contributed by atoms with van der Waals surface area (Å²) in [4.78, 5) is 0. The third-order valence-corrected chi connectivity index (χ3v) is 4.83. The Morgan fingerprint density at radius 3 is 2.42 bits per heavy atom. The molecule has 0 fully saturated rings. The van der Waals surface area contributed by atoms with Gasteiger partial charge in [-0.2, -0.15) is 0 Å². The van der Waals surface area contributed by atoms with Crippen LogP contribution in [0.2, 0.25) is 0 Å². The van der Waals surface area contributed by atoms with Gasteiger partial charge >= 0.3 is 0 Å². The molecule has 0 bridgehead atoms. The van der Waals surface area contributed by atoms with Crippen molar-refractivity contribution in [3.63, 3.8) is 0 Å². The molecule has 0 aliphatic carbocycles. The second-order valence-corrected chi connectivity index (χ2v) is 6.30. The van der Waals surface area contributed by atoms with E-state index in [9.17, 15) is 0 Å². The van der Waals surface area contributed by atoms with Crippen LogP contribution in [0, 0.1) is 0 Å². The molecular weight excluding hydrogens is 290 g/mol. The number of hydrogen-bond acceptors (Lipinski definition) is 0. The van der Waals surface area contributed by atoms with E-state index in [0.29, 0.717) is 0 Å². The van der Waals surface area contributed by atoms with Crippen molar-refractivity contribution >= 4 is 22.6 Å². The molecule has 0 atom stereocenters. The minimum atomic E-state index is 0.936. The van der Waals surface area contributed by atoms with Crippen LogP contribution in [-0.2, 0) is 6.54 Å². The van der Waals surface area contributed by atoms with Gasteiger partial charge in [0, 0.05) is 23.0 Å². The lowest BCUT2D eigenvalue weighted by Gasteiger charge is -2.23. The summed E-state index contributed by atoms with van der Waals surface area (Å²) in [5.41, 5.74) is 7.88. The molecule has 114 valence electrons. The summed E-state index contributed by atoms with van der Waals surface area (Å²) in [6.45, 7) is 0.936. The van der Waals surface area contributed by atoms with E-state index in [4.69, 9.17) is 0 Å². The first-order valence-corrected chi connectivity index (χ1v) is 8.34. The Morgan fingerprint density at radius 2 is 1.50 bits per heavy atom. The van der Waals surface area contributed by atoms with Gasteiger partial charge in [0.25, 0.3) is 0 Å². The summed E-state index contributed by atoms with van der Waals surface area (Å²) in [5, 5.41) is 1.30. The van der Waals surface area contributed by atoms with Crippen LogP contribution in [0.25, 0.3) is 22.6 Å². The average Bonchev–Trinajstić information content (AvgIpc) is 3.01. The minimum absolute atomic E-state index is 0.936. The molecule has 0 unspecified atom stereocenters. The Hall–Kier alpha value is -3.06. The van der Waals surface area contributed by atoms with Gasteiger partial charge in [-0.15, -0.1) is 0 Å². The number of fused-ring (bicyclic) bond motifs is 4. The molecule has 0 N–H and O–H groups in total. The van der Waals surface area contributed by atoms with E-state index in [1.165, 1.54) is 38.9 Å². The number of rotatable bonds is 1. The van der Waals surface area contributed by atoms with Crippen LogP contribution in [0.5, 0.6) is 0 Å². The van der Waals surface area contributed by atoms with Crippen molar-refractivity contribution in [1.29, 1.82) is 0 Å². The third-order valence-electron chi connectivity index (χ3n) is 4.83. The van der Waals surface area contributed by atoms with E-state index in [-0.39, 0.29) is 0 Å². The van der Waals surface area contributed by atoms with Gasteiger partial charge in [-0.25, -0.2) is 0 Å². The highest BCUT2D eigenvalue weighted by molar-refractivity contribution is 5.97. The normalized spacial score (nSPS) is 14.6. The first kappa shape index (κ1) is 13.4. The highest BCUT2D eigenvalue weighted by Gasteiger charge is 2.21. The quantitative estimate of drug-likeness (QED) is 0.380. The standard InChI is InChI=1S/C23H17N/c1-2-8-17(9-3-1)14-21-20-12-6-4-11-19(20)16-24-22-13-7-5-10-18(22)15-23(21)24/h1-15H,16H2/b21-14-. The van der Waals surface area contributed by atoms with Gasteiger partial charge in [0.15, 0.2) is 0 Å². The smallest absolute Gasteiger partial charge is 0.0500 e. The van der Waals surface area contributed by atoms with Gasteiger partial charge in [-0.05, 0) is 34.9 Å². The second-order valence-electron chi connectivity index (χ2n) is 6.30. The van der Waals surface area contributed by atoms with E-state index in [1.54, 1.807) is 0 Å². The molecule has 5 rings (SSSR count). The molecule has 4 aromatic rings. The van der Waals surface area contributed by atoms with Gasteiger partial charge < -0.3 is 4.57 Å². The first-order chi connectivity index (χ1) is 11.9. The van der Waals surface area contributed by atoms with Gasteiger partial charge in [-0.1, -0.05) is 72.8 Å². The summed E-state index contributed by atoms with van der Waals surface area (Å²) in [7, 11) is 0. The lowest BCUT2D eigenvalue weighted by atomic mass is 9.92. The van der Waals surface area contributed by atoms with E-state index in [0.717, 1.165) is 6.54 Å². The van der Waals surface area contributed by atoms with Crippen LogP contribution in [-0.4, -0.2) is 4.57 Å². The molecular formula is C23H17N. The molecule has 1 aromatic heterocycles. The van der Waals surface area contributed by atoms with Crippen molar-refractivity contribution in [1.82, 2.24) is 4.57 Å². The van der Waals surface area contributed by atoms with Crippen molar-refractivity contribution in [3.8, 4) is 0 Å². The van der Waals surface area contributed by atoms with Crippen molar-refractivity contribution < 1.29 is 0 Å². The fraction of sp³-hybridized carbons (Fsp3) is 0.0435. The van der Waals surface area contributed by atoms with Gasteiger partial charge in [0.2, 0.25) is 0 Å². The summed E-state index contributed by atoms with van der Waals surface area (Å²) in [5.74, 6) is 0. The average molecular weight is 307 g/mol. The lowest BCUT2D eigenvalue weighted by Crippen LogP contribution is -2.12. The number of benzene rings is 3. The number of aromatic nitrogens is 1. The molecule has 0 spiro atoms. The van der Waals surface area contributed by atoms with Crippen LogP contribution in [0.4, 0.5) is 0 Å². The molecule has 0 radical (unpaired) electrons. The molecule has 2 heterocycles. The van der Waals surface area contributed by atoms with Gasteiger partial charge in [0.1, 0.15) is 0 Å². The molecule has 1 heteroatoms. The van der Waals surface area contributed by atoms with Crippen molar-refractivity contribution in [2.24, 2.45) is 0 Å². The van der Waals surface area contributed by atoms with Crippen LogP contribution in [0.15, 0.2) is 84.9 Å². The summed E-state index contributed by atoms with van der Waals surface area (Å²) < 4.78 is 2.44. The first-order valence-electron chi connectivity index (χ1n) is 8.34. The zero-order chi connectivity index (χ0) is 15.9. The van der Waals surface area contributed by atoms with E-state index >= 15 is 0 Å². The maximum atomic E-state index is 2.44. The number of para-hydroxylation sites is 1. The maximum absolute atomic E-state index is 2.44.